The molecule has 0 aliphatic rings. The zero-order valence-electron chi connectivity index (χ0n) is 15.2. The first kappa shape index (κ1) is 18.1. The average Bonchev–Trinajstić information content (AvgIpc) is 3.32. The topological polar surface area (TPSA) is 60.4 Å². The number of benzene rings is 2. The molecule has 3 heterocycles. The van der Waals surface area contributed by atoms with Gasteiger partial charge in [0.2, 0.25) is 5.78 Å². The number of fused-ring (bicyclic) bond motifs is 3. The fraction of sp³-hybridized carbons (Fsp3) is 0.0435. The number of hydrogen-bond donors (Lipinski definition) is 0. The van der Waals surface area contributed by atoms with Crippen molar-refractivity contribution in [1.29, 1.82) is 0 Å². The standard InChI is InChI=1S/C23H13BrO4S/c1-12-11-18(25)28-22-14(12)7-8-15-20(22)19(13-5-3-2-4-6-13)23(27-15)21(26)16-9-10-17(24)29-16/h2-11H,1H3. The van der Waals surface area contributed by atoms with Gasteiger partial charge in [-0.3, -0.25) is 4.79 Å². The molecule has 0 aliphatic carbocycles. The molecule has 142 valence electrons. The van der Waals surface area contributed by atoms with E-state index in [0.29, 0.717) is 27.0 Å². The van der Waals surface area contributed by atoms with Crippen molar-refractivity contribution in [1.82, 2.24) is 0 Å². The van der Waals surface area contributed by atoms with Gasteiger partial charge in [-0.15, -0.1) is 11.3 Å². The fourth-order valence-electron chi connectivity index (χ4n) is 3.55. The summed E-state index contributed by atoms with van der Waals surface area (Å²) in [6, 6.07) is 18.3. The lowest BCUT2D eigenvalue weighted by Crippen LogP contribution is -2.00. The Bertz CT molecular complexity index is 1460. The first-order chi connectivity index (χ1) is 14.0. The van der Waals surface area contributed by atoms with Crippen LogP contribution in [0.5, 0.6) is 0 Å². The van der Waals surface area contributed by atoms with E-state index in [1.54, 1.807) is 6.07 Å². The van der Waals surface area contributed by atoms with Gasteiger partial charge in [-0.25, -0.2) is 4.79 Å². The number of thiophene rings is 1. The summed E-state index contributed by atoms with van der Waals surface area (Å²) in [5.41, 5.74) is 2.77. The Morgan fingerprint density at radius 3 is 2.52 bits per heavy atom. The summed E-state index contributed by atoms with van der Waals surface area (Å²) in [7, 11) is 0. The van der Waals surface area contributed by atoms with Crippen LogP contribution in [0.3, 0.4) is 0 Å². The Morgan fingerprint density at radius 2 is 1.79 bits per heavy atom. The second kappa shape index (κ2) is 6.83. The zero-order valence-corrected chi connectivity index (χ0v) is 17.6. The van der Waals surface area contributed by atoms with Crippen LogP contribution in [0.2, 0.25) is 0 Å². The molecule has 0 bridgehead atoms. The van der Waals surface area contributed by atoms with E-state index >= 15 is 0 Å². The van der Waals surface area contributed by atoms with Crippen molar-refractivity contribution < 1.29 is 13.6 Å². The summed E-state index contributed by atoms with van der Waals surface area (Å²) in [6.45, 7) is 1.86. The second-order valence-corrected chi connectivity index (χ2v) is 9.13. The smallest absolute Gasteiger partial charge is 0.336 e. The number of furan rings is 1. The monoisotopic (exact) mass is 464 g/mol. The van der Waals surface area contributed by atoms with Gasteiger partial charge < -0.3 is 8.83 Å². The normalized spacial score (nSPS) is 11.4. The number of carbonyl (C=O) groups is 1. The SMILES string of the molecule is Cc1cc(=O)oc2c1ccc1oc(C(=O)c3ccc(Br)s3)c(-c3ccccc3)c12. The molecule has 3 aromatic heterocycles. The van der Waals surface area contributed by atoms with Crippen molar-refractivity contribution in [2.24, 2.45) is 0 Å². The summed E-state index contributed by atoms with van der Waals surface area (Å²) >= 11 is 4.75. The molecule has 2 aromatic carbocycles. The summed E-state index contributed by atoms with van der Waals surface area (Å²) in [6.07, 6.45) is 0. The molecule has 0 amide bonds. The van der Waals surface area contributed by atoms with Crippen LogP contribution in [0.1, 0.15) is 21.0 Å². The number of rotatable bonds is 3. The minimum Gasteiger partial charge on any atom is -0.452 e. The summed E-state index contributed by atoms with van der Waals surface area (Å²) in [4.78, 5) is 26.0. The predicted octanol–water partition coefficient (Wildman–Crippen LogP) is 6.57. The van der Waals surface area contributed by atoms with E-state index in [1.807, 2.05) is 55.5 Å². The van der Waals surface area contributed by atoms with Gasteiger partial charge >= 0.3 is 5.63 Å². The largest absolute Gasteiger partial charge is 0.452 e. The highest BCUT2D eigenvalue weighted by molar-refractivity contribution is 9.11. The van der Waals surface area contributed by atoms with E-state index in [4.69, 9.17) is 8.83 Å². The van der Waals surface area contributed by atoms with Crippen molar-refractivity contribution in [2.45, 2.75) is 6.92 Å². The van der Waals surface area contributed by atoms with Crippen molar-refractivity contribution in [3.63, 3.8) is 0 Å². The minimum atomic E-state index is -0.433. The van der Waals surface area contributed by atoms with Gasteiger partial charge in [0.1, 0.15) is 11.2 Å². The van der Waals surface area contributed by atoms with Crippen molar-refractivity contribution in [3.8, 4) is 11.1 Å². The fourth-order valence-corrected chi connectivity index (χ4v) is 4.87. The molecule has 0 atom stereocenters. The number of hydrogen-bond acceptors (Lipinski definition) is 5. The van der Waals surface area contributed by atoms with Gasteiger partial charge in [-0.1, -0.05) is 30.3 Å². The number of ketones is 1. The molecule has 0 spiro atoms. The lowest BCUT2D eigenvalue weighted by atomic mass is 9.98. The highest BCUT2D eigenvalue weighted by Gasteiger charge is 2.26. The average molecular weight is 465 g/mol. The molecule has 5 aromatic rings. The van der Waals surface area contributed by atoms with Gasteiger partial charge in [-0.2, -0.15) is 0 Å². The Morgan fingerprint density at radius 1 is 1.00 bits per heavy atom. The van der Waals surface area contributed by atoms with Gasteiger partial charge in [-0.05, 0) is 58.2 Å². The first-order valence-corrected chi connectivity index (χ1v) is 10.5. The van der Waals surface area contributed by atoms with Crippen molar-refractivity contribution in [3.05, 3.63) is 91.1 Å². The van der Waals surface area contributed by atoms with E-state index in [9.17, 15) is 9.59 Å². The molecule has 0 N–H and O–H groups in total. The minimum absolute atomic E-state index is 0.209. The molecular formula is C23H13BrO4S. The van der Waals surface area contributed by atoms with E-state index in [-0.39, 0.29) is 11.5 Å². The predicted molar refractivity (Wildman–Crippen MR) is 118 cm³/mol. The summed E-state index contributed by atoms with van der Waals surface area (Å²) in [5.74, 6) is 0.0242. The second-order valence-electron chi connectivity index (χ2n) is 6.67. The Kier molecular flexibility index (Phi) is 4.26. The lowest BCUT2D eigenvalue weighted by Gasteiger charge is -2.05. The van der Waals surface area contributed by atoms with E-state index in [0.717, 1.165) is 20.3 Å². The third kappa shape index (κ3) is 2.96. The Balaban J connectivity index is 1.92. The molecule has 0 unspecified atom stereocenters. The van der Waals surface area contributed by atoms with Gasteiger partial charge in [0.05, 0.1) is 14.0 Å². The van der Waals surface area contributed by atoms with Crippen molar-refractivity contribution in [2.75, 3.05) is 0 Å². The molecule has 0 aliphatic heterocycles. The molecule has 0 saturated heterocycles. The molecule has 0 fully saturated rings. The Labute approximate surface area is 177 Å². The zero-order chi connectivity index (χ0) is 20.1. The van der Waals surface area contributed by atoms with E-state index in [1.165, 1.54) is 17.4 Å². The van der Waals surface area contributed by atoms with Gasteiger partial charge in [0, 0.05) is 17.0 Å². The molecule has 6 heteroatoms. The van der Waals surface area contributed by atoms with Gasteiger partial charge in [0.15, 0.2) is 5.76 Å². The van der Waals surface area contributed by atoms with Crippen LogP contribution in [0, 0.1) is 6.92 Å². The van der Waals surface area contributed by atoms with Crippen LogP contribution in [-0.4, -0.2) is 5.78 Å². The van der Waals surface area contributed by atoms with Crippen LogP contribution in [0.15, 0.2) is 78.1 Å². The summed E-state index contributed by atoms with van der Waals surface area (Å²) < 4.78 is 12.5. The number of carbonyl (C=O) groups excluding carboxylic acids is 1. The lowest BCUT2D eigenvalue weighted by molar-refractivity contribution is 0.102. The summed E-state index contributed by atoms with van der Waals surface area (Å²) in [5, 5.41) is 1.45. The third-order valence-corrected chi connectivity index (χ3v) is 6.46. The molecular weight excluding hydrogens is 452 g/mol. The molecule has 4 nitrogen and oxygen atoms in total. The third-order valence-electron chi connectivity index (χ3n) is 4.84. The number of halogens is 1. The van der Waals surface area contributed by atoms with E-state index in [2.05, 4.69) is 15.9 Å². The van der Waals surface area contributed by atoms with Crippen LogP contribution in [0.25, 0.3) is 33.1 Å². The van der Waals surface area contributed by atoms with Gasteiger partial charge in [0.25, 0.3) is 0 Å². The van der Waals surface area contributed by atoms with Crippen molar-refractivity contribution >= 4 is 55.0 Å². The highest BCUT2D eigenvalue weighted by atomic mass is 79.9. The maximum atomic E-state index is 13.3. The Hall–Kier alpha value is -2.96. The molecule has 5 rings (SSSR count). The molecule has 0 radical (unpaired) electrons. The molecule has 29 heavy (non-hydrogen) atoms. The number of aryl methyl sites for hydroxylation is 1. The van der Waals surface area contributed by atoms with Crippen LogP contribution >= 0.6 is 27.3 Å². The van der Waals surface area contributed by atoms with Crippen LogP contribution < -0.4 is 5.63 Å². The van der Waals surface area contributed by atoms with Crippen LogP contribution in [0.4, 0.5) is 0 Å². The van der Waals surface area contributed by atoms with E-state index < -0.39 is 5.63 Å². The highest BCUT2D eigenvalue weighted by Crippen LogP contribution is 2.41. The quantitative estimate of drug-likeness (QED) is 0.223. The molecule has 0 saturated carbocycles. The van der Waals surface area contributed by atoms with Crippen LogP contribution in [-0.2, 0) is 0 Å². The first-order valence-electron chi connectivity index (χ1n) is 8.88. The maximum Gasteiger partial charge on any atom is 0.336 e. The maximum absolute atomic E-state index is 13.3.